The number of fused-ring (bicyclic) bond motifs is 1. The highest BCUT2D eigenvalue weighted by atomic mass is 32.1. The molecule has 0 aromatic carbocycles. The molecule has 4 nitrogen and oxygen atoms in total. The summed E-state index contributed by atoms with van der Waals surface area (Å²) in [7, 11) is 0. The van der Waals surface area contributed by atoms with Gasteiger partial charge in [-0.05, 0) is 12.0 Å². The third-order valence-corrected chi connectivity index (χ3v) is 5.07. The third kappa shape index (κ3) is 4.16. The molecule has 0 N–H and O–H groups in total. The van der Waals surface area contributed by atoms with Gasteiger partial charge in [0.1, 0.15) is 17.0 Å². The number of anilines is 1. The first kappa shape index (κ1) is 17.4. The van der Waals surface area contributed by atoms with E-state index in [1.54, 1.807) is 6.07 Å². The Morgan fingerprint density at radius 1 is 1.17 bits per heavy atom. The fourth-order valence-electron chi connectivity index (χ4n) is 3.09. The van der Waals surface area contributed by atoms with Crippen LogP contribution in [0.25, 0.3) is 10.2 Å². The van der Waals surface area contributed by atoms with Gasteiger partial charge in [-0.2, -0.15) is 13.2 Å². The highest BCUT2D eigenvalue weighted by molar-refractivity contribution is 7.18. The Morgan fingerprint density at radius 3 is 2.50 bits per heavy atom. The van der Waals surface area contributed by atoms with Crippen molar-refractivity contribution in [2.75, 3.05) is 37.6 Å². The maximum Gasteiger partial charge on any atom is 0.393 e. The van der Waals surface area contributed by atoms with Crippen LogP contribution in [0.15, 0.2) is 12.4 Å². The van der Waals surface area contributed by atoms with E-state index in [0.717, 1.165) is 55.3 Å². The van der Waals surface area contributed by atoms with Crippen molar-refractivity contribution in [1.29, 1.82) is 0 Å². The third-order valence-electron chi connectivity index (χ3n) is 4.03. The average molecular weight is 358 g/mol. The number of hydrogen-bond acceptors (Lipinski definition) is 5. The van der Waals surface area contributed by atoms with E-state index in [0.29, 0.717) is 10.7 Å². The number of piperazine rings is 1. The van der Waals surface area contributed by atoms with Gasteiger partial charge < -0.3 is 4.90 Å². The lowest BCUT2D eigenvalue weighted by molar-refractivity contribution is -0.126. The molecule has 0 bridgehead atoms. The van der Waals surface area contributed by atoms with Crippen molar-refractivity contribution in [3.63, 3.8) is 0 Å². The summed E-state index contributed by atoms with van der Waals surface area (Å²) in [4.78, 5) is 14.0. The summed E-state index contributed by atoms with van der Waals surface area (Å²) >= 11 is 1.10. The van der Waals surface area contributed by atoms with Crippen LogP contribution in [0.5, 0.6) is 0 Å². The molecule has 8 heteroatoms. The number of hydrogen-bond donors (Lipinski definition) is 0. The van der Waals surface area contributed by atoms with Gasteiger partial charge in [0.05, 0.1) is 11.8 Å². The zero-order chi connectivity index (χ0) is 17.3. The van der Waals surface area contributed by atoms with Crippen molar-refractivity contribution >= 4 is 27.4 Å². The number of rotatable bonds is 4. The molecule has 2 aromatic heterocycles. The quantitative estimate of drug-likeness (QED) is 0.836. The van der Waals surface area contributed by atoms with E-state index in [9.17, 15) is 13.2 Å². The van der Waals surface area contributed by atoms with Crippen LogP contribution in [0.2, 0.25) is 0 Å². The Morgan fingerprint density at radius 2 is 1.88 bits per heavy atom. The Bertz CT molecular complexity index is 690. The van der Waals surface area contributed by atoms with Crippen LogP contribution in [0.4, 0.5) is 19.0 Å². The molecule has 0 saturated carbocycles. The second-order valence-corrected chi connectivity index (χ2v) is 7.72. The van der Waals surface area contributed by atoms with Crippen molar-refractivity contribution in [3.8, 4) is 0 Å². The molecule has 3 rings (SSSR count). The molecule has 0 radical (unpaired) electrons. The predicted octanol–water partition coefficient (Wildman–Crippen LogP) is 3.57. The number of nitrogens with zero attached hydrogens (tertiary/aromatic N) is 4. The van der Waals surface area contributed by atoms with Crippen LogP contribution in [-0.4, -0.2) is 53.8 Å². The molecule has 1 aliphatic heterocycles. The Labute approximate surface area is 143 Å². The highest BCUT2D eigenvalue weighted by Gasteiger charge is 2.29. The van der Waals surface area contributed by atoms with Gasteiger partial charge in [0.2, 0.25) is 0 Å². The van der Waals surface area contributed by atoms with Gasteiger partial charge >= 0.3 is 6.18 Å². The minimum atomic E-state index is -4.20. The Hall–Kier alpha value is -1.41. The van der Waals surface area contributed by atoms with Gasteiger partial charge in [0.25, 0.3) is 0 Å². The van der Waals surface area contributed by atoms with Crippen LogP contribution in [0.3, 0.4) is 0 Å². The molecule has 0 amide bonds. The molecule has 0 aliphatic carbocycles. The van der Waals surface area contributed by atoms with Crippen molar-refractivity contribution in [1.82, 2.24) is 14.9 Å². The van der Waals surface area contributed by atoms with E-state index >= 15 is 0 Å². The number of aromatic nitrogens is 2. The minimum absolute atomic E-state index is 0.290. The summed E-state index contributed by atoms with van der Waals surface area (Å²) in [6, 6.07) is 1.60. The summed E-state index contributed by atoms with van der Waals surface area (Å²) in [5.74, 6) is 1.39. The summed E-state index contributed by atoms with van der Waals surface area (Å²) in [5, 5.41) is 0.735. The molecule has 0 unspecified atom stereocenters. The van der Waals surface area contributed by atoms with E-state index in [2.05, 4.69) is 33.6 Å². The molecule has 2 aromatic rings. The van der Waals surface area contributed by atoms with Crippen molar-refractivity contribution in [3.05, 3.63) is 17.3 Å². The van der Waals surface area contributed by atoms with Gasteiger partial charge in [0, 0.05) is 37.6 Å². The molecule has 132 valence electrons. The highest BCUT2D eigenvalue weighted by Crippen LogP contribution is 2.33. The zero-order valence-electron chi connectivity index (χ0n) is 13.8. The van der Waals surface area contributed by atoms with Crippen molar-refractivity contribution in [2.45, 2.75) is 26.4 Å². The smallest absolute Gasteiger partial charge is 0.353 e. The van der Waals surface area contributed by atoms with Gasteiger partial charge in [-0.1, -0.05) is 13.8 Å². The fourth-order valence-corrected chi connectivity index (χ4v) is 4.11. The second-order valence-electron chi connectivity index (χ2n) is 6.60. The molecule has 0 atom stereocenters. The van der Waals surface area contributed by atoms with Crippen molar-refractivity contribution in [2.24, 2.45) is 5.92 Å². The van der Waals surface area contributed by atoms with Gasteiger partial charge in [-0.15, -0.1) is 11.3 Å². The number of thiophene rings is 1. The lowest BCUT2D eigenvalue weighted by Crippen LogP contribution is -2.47. The first-order chi connectivity index (χ1) is 11.3. The largest absolute Gasteiger partial charge is 0.393 e. The fraction of sp³-hybridized carbons (Fsp3) is 0.625. The Balaban J connectivity index is 1.78. The predicted molar refractivity (Wildman–Crippen MR) is 90.7 cm³/mol. The van der Waals surface area contributed by atoms with Gasteiger partial charge in [-0.25, -0.2) is 9.97 Å². The molecule has 24 heavy (non-hydrogen) atoms. The van der Waals surface area contributed by atoms with E-state index in [-0.39, 0.29) is 4.88 Å². The molecule has 1 fully saturated rings. The Kier molecular flexibility index (Phi) is 4.96. The number of halogens is 3. The maximum atomic E-state index is 12.6. The van der Waals surface area contributed by atoms with E-state index in [1.807, 2.05) is 0 Å². The second kappa shape index (κ2) is 6.84. The summed E-state index contributed by atoms with van der Waals surface area (Å²) in [6.45, 7) is 9.04. The van der Waals surface area contributed by atoms with Gasteiger partial charge in [-0.3, -0.25) is 4.90 Å². The van der Waals surface area contributed by atoms with E-state index in [4.69, 9.17) is 0 Å². The molecule has 1 aliphatic rings. The van der Waals surface area contributed by atoms with Crippen LogP contribution < -0.4 is 4.90 Å². The average Bonchev–Trinajstić information content (AvgIpc) is 2.87. The van der Waals surface area contributed by atoms with Crippen LogP contribution in [0.1, 0.15) is 18.7 Å². The molecular formula is C16H21F3N4S. The van der Waals surface area contributed by atoms with Crippen LogP contribution >= 0.6 is 11.3 Å². The maximum absolute atomic E-state index is 12.6. The lowest BCUT2D eigenvalue weighted by Gasteiger charge is -2.36. The van der Waals surface area contributed by atoms with Crippen molar-refractivity contribution < 1.29 is 13.2 Å². The minimum Gasteiger partial charge on any atom is -0.353 e. The first-order valence-electron chi connectivity index (χ1n) is 8.09. The first-order valence-corrected chi connectivity index (χ1v) is 8.91. The molecule has 0 spiro atoms. The zero-order valence-corrected chi connectivity index (χ0v) is 14.6. The molecular weight excluding hydrogens is 337 g/mol. The van der Waals surface area contributed by atoms with E-state index < -0.39 is 12.6 Å². The van der Waals surface area contributed by atoms with E-state index in [1.165, 1.54) is 6.33 Å². The topological polar surface area (TPSA) is 32.3 Å². The summed E-state index contributed by atoms with van der Waals surface area (Å²) in [5.41, 5.74) is 0. The molecule has 3 heterocycles. The summed E-state index contributed by atoms with van der Waals surface area (Å²) in [6.07, 6.45) is -3.65. The SMILES string of the molecule is CC(C)CN1CCN(c2ncnc3sc(CC(F)(F)F)cc23)CC1. The van der Waals surface area contributed by atoms with Crippen LogP contribution in [0, 0.1) is 5.92 Å². The van der Waals surface area contributed by atoms with Crippen LogP contribution in [-0.2, 0) is 6.42 Å². The lowest BCUT2D eigenvalue weighted by atomic mass is 10.2. The normalized spacial score (nSPS) is 17.2. The standard InChI is InChI=1S/C16H21F3N4S/c1-11(2)9-22-3-5-23(6-4-22)14-13-7-12(8-16(17,18)19)24-15(13)21-10-20-14/h7,10-11H,3-6,8-9H2,1-2H3. The monoisotopic (exact) mass is 358 g/mol. The number of alkyl halides is 3. The van der Waals surface area contributed by atoms with Gasteiger partial charge in [0.15, 0.2) is 0 Å². The summed E-state index contributed by atoms with van der Waals surface area (Å²) < 4.78 is 37.9. The molecule has 1 saturated heterocycles.